The third-order valence-corrected chi connectivity index (χ3v) is 2.31. The average molecular weight is 206 g/mol. The Balaban J connectivity index is 2.06. The van der Waals surface area contributed by atoms with Crippen LogP contribution in [0.3, 0.4) is 0 Å². The summed E-state index contributed by atoms with van der Waals surface area (Å²) in [6.45, 7) is 6.56. The molecule has 0 amide bonds. The summed E-state index contributed by atoms with van der Waals surface area (Å²) >= 11 is 0. The number of nitrogens with one attached hydrogen (secondary N) is 1. The lowest BCUT2D eigenvalue weighted by atomic mass is 9.92. The molecule has 1 aromatic rings. The number of hydrogen-bond acceptors (Lipinski definition) is 3. The molecule has 82 valence electrons. The van der Waals surface area contributed by atoms with Crippen LogP contribution in [0, 0.1) is 16.7 Å². The second-order valence-electron chi connectivity index (χ2n) is 4.26. The second kappa shape index (κ2) is 5.52. The fourth-order valence-corrected chi connectivity index (χ4v) is 1.21. The van der Waals surface area contributed by atoms with Crippen LogP contribution in [-0.2, 0) is 6.54 Å². The van der Waals surface area contributed by atoms with Crippen molar-refractivity contribution in [3.8, 4) is 6.07 Å². The Labute approximate surface area is 90.9 Å². The van der Waals surface area contributed by atoms with E-state index < -0.39 is 0 Å². The Bertz CT molecular complexity index is 308. The zero-order chi connectivity index (χ0) is 11.1. The molecule has 0 radical (unpaired) electrons. The quantitative estimate of drug-likeness (QED) is 0.716. The number of rotatable bonds is 6. The number of hydrogen-bond donors (Lipinski definition) is 1. The number of aromatic nitrogens is 2. The fourth-order valence-electron chi connectivity index (χ4n) is 1.21. The molecule has 0 aliphatic rings. The van der Waals surface area contributed by atoms with E-state index in [9.17, 15) is 0 Å². The van der Waals surface area contributed by atoms with Crippen LogP contribution in [0.1, 0.15) is 20.3 Å². The molecule has 0 saturated heterocycles. The highest BCUT2D eigenvalue weighted by Crippen LogP contribution is 2.16. The van der Waals surface area contributed by atoms with Crippen molar-refractivity contribution in [3.05, 3.63) is 18.5 Å². The molecule has 1 aromatic heterocycles. The van der Waals surface area contributed by atoms with Crippen LogP contribution >= 0.6 is 0 Å². The minimum absolute atomic E-state index is 0.224. The maximum Gasteiger partial charge on any atom is 0.0684 e. The molecule has 0 saturated carbocycles. The van der Waals surface area contributed by atoms with E-state index in [4.69, 9.17) is 5.26 Å². The predicted octanol–water partition coefficient (Wildman–Crippen LogP) is 1.41. The van der Waals surface area contributed by atoms with Gasteiger partial charge in [0, 0.05) is 18.9 Å². The van der Waals surface area contributed by atoms with E-state index in [1.54, 1.807) is 6.20 Å². The Kier molecular flexibility index (Phi) is 4.32. The van der Waals surface area contributed by atoms with E-state index in [0.717, 1.165) is 26.1 Å². The van der Waals surface area contributed by atoms with Crippen molar-refractivity contribution in [1.82, 2.24) is 15.1 Å². The summed E-state index contributed by atoms with van der Waals surface area (Å²) in [5.41, 5.74) is -0.224. The zero-order valence-electron chi connectivity index (χ0n) is 9.40. The van der Waals surface area contributed by atoms with Crippen molar-refractivity contribution < 1.29 is 0 Å². The van der Waals surface area contributed by atoms with Crippen LogP contribution in [-0.4, -0.2) is 22.9 Å². The molecule has 0 bridgehead atoms. The van der Waals surface area contributed by atoms with E-state index >= 15 is 0 Å². The highest BCUT2D eigenvalue weighted by atomic mass is 15.3. The van der Waals surface area contributed by atoms with Gasteiger partial charge in [0.25, 0.3) is 0 Å². The minimum Gasteiger partial charge on any atom is -0.315 e. The molecule has 0 fully saturated rings. The van der Waals surface area contributed by atoms with Crippen molar-refractivity contribution in [2.75, 3.05) is 13.1 Å². The topological polar surface area (TPSA) is 53.6 Å². The first-order chi connectivity index (χ1) is 7.14. The Morgan fingerprint density at radius 2 is 2.27 bits per heavy atom. The summed E-state index contributed by atoms with van der Waals surface area (Å²) in [6, 6.07) is 4.20. The number of nitrogens with zero attached hydrogens (tertiary/aromatic N) is 3. The van der Waals surface area contributed by atoms with Gasteiger partial charge in [0.15, 0.2) is 0 Å². The van der Waals surface area contributed by atoms with Gasteiger partial charge in [0.2, 0.25) is 0 Å². The molecule has 0 atom stereocenters. The smallest absolute Gasteiger partial charge is 0.0684 e. The Morgan fingerprint density at radius 1 is 1.47 bits per heavy atom. The normalized spacial score (nSPS) is 11.3. The lowest BCUT2D eigenvalue weighted by Gasteiger charge is -2.14. The van der Waals surface area contributed by atoms with Gasteiger partial charge in [-0.2, -0.15) is 10.4 Å². The second-order valence-corrected chi connectivity index (χ2v) is 4.26. The summed E-state index contributed by atoms with van der Waals surface area (Å²) in [5, 5.41) is 16.2. The van der Waals surface area contributed by atoms with Crippen molar-refractivity contribution >= 4 is 0 Å². The van der Waals surface area contributed by atoms with Gasteiger partial charge in [0.1, 0.15) is 0 Å². The van der Waals surface area contributed by atoms with Crippen LogP contribution in [0.5, 0.6) is 0 Å². The summed E-state index contributed by atoms with van der Waals surface area (Å²) in [4.78, 5) is 0. The van der Waals surface area contributed by atoms with Crippen molar-refractivity contribution in [2.24, 2.45) is 5.41 Å². The predicted molar refractivity (Wildman–Crippen MR) is 59.1 cm³/mol. The molecule has 0 aromatic carbocycles. The van der Waals surface area contributed by atoms with Gasteiger partial charge in [-0.25, -0.2) is 0 Å². The lowest BCUT2D eigenvalue weighted by molar-refractivity contribution is 0.426. The summed E-state index contributed by atoms with van der Waals surface area (Å²) in [5.74, 6) is 0. The van der Waals surface area contributed by atoms with Crippen LogP contribution < -0.4 is 5.32 Å². The summed E-state index contributed by atoms with van der Waals surface area (Å²) < 4.78 is 1.89. The van der Waals surface area contributed by atoms with E-state index in [-0.39, 0.29) is 5.41 Å². The monoisotopic (exact) mass is 206 g/mol. The first-order valence-corrected chi connectivity index (χ1v) is 5.23. The largest absolute Gasteiger partial charge is 0.315 e. The van der Waals surface area contributed by atoms with E-state index in [1.165, 1.54) is 0 Å². The first-order valence-electron chi connectivity index (χ1n) is 5.23. The van der Waals surface area contributed by atoms with Crippen molar-refractivity contribution in [2.45, 2.75) is 26.8 Å². The molecular formula is C11H18N4. The summed E-state index contributed by atoms with van der Waals surface area (Å²) in [7, 11) is 0. The minimum atomic E-state index is -0.224. The molecule has 15 heavy (non-hydrogen) atoms. The molecule has 4 nitrogen and oxygen atoms in total. The maximum absolute atomic E-state index is 8.81. The molecule has 0 aliphatic carbocycles. The molecule has 4 heteroatoms. The van der Waals surface area contributed by atoms with Crippen molar-refractivity contribution in [3.63, 3.8) is 0 Å². The summed E-state index contributed by atoms with van der Waals surface area (Å²) in [6.07, 6.45) is 4.60. The fraction of sp³-hybridized carbons (Fsp3) is 0.636. The first kappa shape index (κ1) is 11.7. The van der Waals surface area contributed by atoms with Crippen LogP contribution in [0.15, 0.2) is 18.5 Å². The lowest BCUT2D eigenvalue weighted by Crippen LogP contribution is -2.25. The molecule has 0 unspecified atom stereocenters. The molecular weight excluding hydrogens is 188 g/mol. The number of nitriles is 1. The van der Waals surface area contributed by atoms with E-state index in [0.29, 0.717) is 0 Å². The van der Waals surface area contributed by atoms with E-state index in [2.05, 4.69) is 16.5 Å². The molecule has 1 N–H and O–H groups in total. The highest BCUT2D eigenvalue weighted by molar-refractivity contribution is 4.91. The van der Waals surface area contributed by atoms with Gasteiger partial charge in [-0.15, -0.1) is 0 Å². The van der Waals surface area contributed by atoms with Gasteiger partial charge in [-0.1, -0.05) is 0 Å². The van der Waals surface area contributed by atoms with Crippen LogP contribution in [0.25, 0.3) is 0 Å². The van der Waals surface area contributed by atoms with Gasteiger partial charge < -0.3 is 5.32 Å². The third kappa shape index (κ3) is 4.61. The van der Waals surface area contributed by atoms with E-state index in [1.807, 2.05) is 30.8 Å². The highest BCUT2D eigenvalue weighted by Gasteiger charge is 2.14. The van der Waals surface area contributed by atoms with Crippen LogP contribution in [0.4, 0.5) is 0 Å². The average Bonchev–Trinajstić information content (AvgIpc) is 2.70. The standard InChI is InChI=1S/C11H18N4/c1-11(2,10-12)4-6-13-7-9-15-8-3-5-14-15/h3,5,8,13H,4,6-7,9H2,1-2H3. The third-order valence-electron chi connectivity index (χ3n) is 2.31. The molecule has 0 spiro atoms. The van der Waals surface area contributed by atoms with Gasteiger partial charge in [-0.05, 0) is 32.9 Å². The maximum atomic E-state index is 8.81. The van der Waals surface area contributed by atoms with Gasteiger partial charge >= 0.3 is 0 Å². The molecule has 0 aliphatic heterocycles. The molecule has 1 heterocycles. The van der Waals surface area contributed by atoms with Gasteiger partial charge in [0.05, 0.1) is 18.0 Å². The van der Waals surface area contributed by atoms with Crippen molar-refractivity contribution in [1.29, 1.82) is 5.26 Å². The van der Waals surface area contributed by atoms with Gasteiger partial charge in [-0.3, -0.25) is 4.68 Å². The SMILES string of the molecule is CC(C)(C#N)CCNCCn1cccn1. The van der Waals surface area contributed by atoms with Crippen LogP contribution in [0.2, 0.25) is 0 Å². The zero-order valence-corrected chi connectivity index (χ0v) is 9.40. The Hall–Kier alpha value is -1.34. The molecule has 1 rings (SSSR count). The Morgan fingerprint density at radius 3 is 2.87 bits per heavy atom.